The van der Waals surface area contributed by atoms with Crippen molar-refractivity contribution in [3.8, 4) is 5.82 Å². The van der Waals surface area contributed by atoms with E-state index in [4.69, 9.17) is 0 Å². The van der Waals surface area contributed by atoms with Crippen molar-refractivity contribution in [2.75, 3.05) is 0 Å². The molecule has 0 bridgehead atoms. The summed E-state index contributed by atoms with van der Waals surface area (Å²) in [5.41, 5.74) is 3.48. The molecule has 1 N–H and O–H groups in total. The highest BCUT2D eigenvalue weighted by Crippen LogP contribution is 2.23. The second-order valence-electron chi connectivity index (χ2n) is 9.31. The predicted octanol–water partition coefficient (Wildman–Crippen LogP) is 4.56. The van der Waals surface area contributed by atoms with Gasteiger partial charge in [-0.2, -0.15) is 5.10 Å². The van der Waals surface area contributed by atoms with E-state index in [-0.39, 0.29) is 30.1 Å². The molecule has 35 heavy (non-hydrogen) atoms. The predicted molar refractivity (Wildman–Crippen MR) is 138 cm³/mol. The van der Waals surface area contributed by atoms with E-state index < -0.39 is 0 Å². The molecule has 4 rings (SSSR count). The number of hydrogen-bond donors (Lipinski definition) is 1. The van der Waals surface area contributed by atoms with E-state index in [1.165, 1.54) is 0 Å². The Hall–Kier alpha value is -3.94. The summed E-state index contributed by atoms with van der Waals surface area (Å²) in [5.74, 6) is 1.31. The summed E-state index contributed by atoms with van der Waals surface area (Å²) in [6.45, 7) is 12.4. The molecule has 0 unspecified atom stereocenters. The first-order valence-corrected chi connectivity index (χ1v) is 11.9. The number of fused-ring (bicyclic) bond motifs is 1. The minimum absolute atomic E-state index is 0.0725. The normalized spacial score (nSPS) is 11.9. The average Bonchev–Trinajstić information content (AvgIpc) is 3.39. The van der Waals surface area contributed by atoms with Crippen LogP contribution in [0.2, 0.25) is 0 Å². The molecule has 0 saturated heterocycles. The van der Waals surface area contributed by atoms with Gasteiger partial charge in [-0.3, -0.25) is 9.59 Å². The first-order valence-electron chi connectivity index (χ1n) is 11.9. The van der Waals surface area contributed by atoms with Crippen molar-refractivity contribution < 1.29 is 4.79 Å². The van der Waals surface area contributed by atoms with Crippen LogP contribution in [0.3, 0.4) is 0 Å². The molecule has 8 heteroatoms. The SMILES string of the molecule is Cc1cc(C=CC(=O)N(Cc2nc3ccccc3c(=O)[nH]2)C(C)C)c(C)n1-c1ccnn1C(C)C. The fourth-order valence-corrected chi connectivity index (χ4v) is 4.33. The lowest BCUT2D eigenvalue weighted by Gasteiger charge is -2.25. The second-order valence-corrected chi connectivity index (χ2v) is 9.31. The highest BCUT2D eigenvalue weighted by Gasteiger charge is 2.18. The molecule has 3 heterocycles. The van der Waals surface area contributed by atoms with Crippen LogP contribution in [-0.4, -0.2) is 41.2 Å². The number of hydrogen-bond acceptors (Lipinski definition) is 4. The third kappa shape index (κ3) is 4.82. The van der Waals surface area contributed by atoms with Crippen LogP contribution in [0.4, 0.5) is 0 Å². The van der Waals surface area contributed by atoms with Gasteiger partial charge in [-0.25, -0.2) is 9.67 Å². The number of aromatic nitrogens is 5. The van der Waals surface area contributed by atoms with Crippen LogP contribution in [0.5, 0.6) is 0 Å². The van der Waals surface area contributed by atoms with E-state index in [2.05, 4.69) is 39.5 Å². The number of para-hydroxylation sites is 1. The molecule has 1 aromatic carbocycles. The van der Waals surface area contributed by atoms with Crippen LogP contribution >= 0.6 is 0 Å². The second kappa shape index (κ2) is 9.74. The molecule has 0 aliphatic carbocycles. The molecule has 1 amide bonds. The fraction of sp³-hybridized carbons (Fsp3) is 0.333. The zero-order valence-corrected chi connectivity index (χ0v) is 21.1. The fourth-order valence-electron chi connectivity index (χ4n) is 4.33. The van der Waals surface area contributed by atoms with Crippen molar-refractivity contribution in [1.82, 2.24) is 29.2 Å². The third-order valence-electron chi connectivity index (χ3n) is 6.13. The summed E-state index contributed by atoms with van der Waals surface area (Å²) >= 11 is 0. The van der Waals surface area contributed by atoms with Gasteiger partial charge in [0, 0.05) is 35.6 Å². The van der Waals surface area contributed by atoms with Crippen LogP contribution in [0.1, 0.15) is 56.5 Å². The molecular formula is C27H32N6O2. The van der Waals surface area contributed by atoms with E-state index in [9.17, 15) is 9.59 Å². The molecule has 0 spiro atoms. The minimum atomic E-state index is -0.203. The highest BCUT2D eigenvalue weighted by molar-refractivity contribution is 5.92. The Balaban J connectivity index is 1.59. The lowest BCUT2D eigenvalue weighted by atomic mass is 10.2. The first-order chi connectivity index (χ1) is 16.7. The monoisotopic (exact) mass is 472 g/mol. The Kier molecular flexibility index (Phi) is 6.73. The summed E-state index contributed by atoms with van der Waals surface area (Å²) in [6.07, 6.45) is 5.24. The van der Waals surface area contributed by atoms with Crippen LogP contribution in [-0.2, 0) is 11.3 Å². The number of nitrogens with zero attached hydrogens (tertiary/aromatic N) is 5. The zero-order valence-electron chi connectivity index (χ0n) is 21.1. The summed E-state index contributed by atoms with van der Waals surface area (Å²) in [5, 5.41) is 4.99. The Labute approximate surface area is 204 Å². The van der Waals surface area contributed by atoms with Crippen molar-refractivity contribution in [2.45, 2.75) is 60.2 Å². The Bertz CT molecular complexity index is 1450. The summed E-state index contributed by atoms with van der Waals surface area (Å²) in [4.78, 5) is 34.7. The standard InChI is InChI=1S/C27H32N6O2/c1-17(2)31(16-24-29-23-10-8-7-9-22(23)27(35)30-24)26(34)12-11-21-15-19(5)32(20(21)6)25-13-14-28-33(25)18(3)4/h7-15,17-18H,16H2,1-6H3,(H,29,30,35). The number of rotatable bonds is 7. The molecule has 0 aliphatic rings. The van der Waals surface area contributed by atoms with Crippen LogP contribution in [0.15, 0.2) is 53.5 Å². The van der Waals surface area contributed by atoms with Crippen molar-refractivity contribution in [3.05, 3.63) is 81.8 Å². The van der Waals surface area contributed by atoms with Gasteiger partial charge in [0.2, 0.25) is 5.91 Å². The first kappa shape index (κ1) is 24.2. The van der Waals surface area contributed by atoms with Gasteiger partial charge in [-0.1, -0.05) is 12.1 Å². The lowest BCUT2D eigenvalue weighted by Crippen LogP contribution is -2.36. The third-order valence-corrected chi connectivity index (χ3v) is 6.13. The van der Waals surface area contributed by atoms with Gasteiger partial charge in [-0.15, -0.1) is 0 Å². The molecule has 182 valence electrons. The highest BCUT2D eigenvalue weighted by atomic mass is 16.2. The maximum atomic E-state index is 13.2. The summed E-state index contributed by atoms with van der Waals surface area (Å²) < 4.78 is 4.14. The quantitative estimate of drug-likeness (QED) is 0.400. The number of carbonyl (C=O) groups is 1. The zero-order chi connectivity index (χ0) is 25.3. The molecule has 0 fully saturated rings. The molecule has 8 nitrogen and oxygen atoms in total. The molecule has 0 aliphatic heterocycles. The van der Waals surface area contributed by atoms with Crippen molar-refractivity contribution in [1.29, 1.82) is 0 Å². The van der Waals surface area contributed by atoms with E-state index in [1.807, 2.05) is 50.6 Å². The number of carbonyl (C=O) groups excluding carboxylic acids is 1. The van der Waals surface area contributed by atoms with Gasteiger partial charge < -0.3 is 14.5 Å². The molecule has 0 radical (unpaired) electrons. The summed E-state index contributed by atoms with van der Waals surface area (Å²) in [6, 6.07) is 11.4. The smallest absolute Gasteiger partial charge is 0.258 e. The maximum absolute atomic E-state index is 13.2. The molecule has 0 saturated carbocycles. The summed E-state index contributed by atoms with van der Waals surface area (Å²) in [7, 11) is 0. The van der Waals surface area contributed by atoms with Crippen molar-refractivity contribution >= 4 is 22.9 Å². The maximum Gasteiger partial charge on any atom is 0.258 e. The van der Waals surface area contributed by atoms with E-state index >= 15 is 0 Å². The topological polar surface area (TPSA) is 88.8 Å². The van der Waals surface area contributed by atoms with Gasteiger partial charge in [0.25, 0.3) is 5.56 Å². The number of benzene rings is 1. The number of nitrogens with one attached hydrogen (secondary N) is 1. The van der Waals surface area contributed by atoms with Crippen LogP contribution in [0.25, 0.3) is 22.8 Å². The lowest BCUT2D eigenvalue weighted by molar-refractivity contribution is -0.128. The molecule has 4 aromatic rings. The largest absolute Gasteiger partial charge is 0.329 e. The average molecular weight is 473 g/mol. The van der Waals surface area contributed by atoms with Crippen molar-refractivity contribution in [3.63, 3.8) is 0 Å². The van der Waals surface area contributed by atoms with Crippen LogP contribution < -0.4 is 5.56 Å². The Morgan fingerprint density at radius 2 is 1.89 bits per heavy atom. The van der Waals surface area contributed by atoms with E-state index in [0.717, 1.165) is 22.8 Å². The molecular weight excluding hydrogens is 440 g/mol. The number of aromatic amines is 1. The van der Waals surface area contributed by atoms with Gasteiger partial charge in [0.05, 0.1) is 23.6 Å². The number of amides is 1. The molecule has 0 atom stereocenters. The number of H-pyrrole nitrogens is 1. The van der Waals surface area contributed by atoms with E-state index in [1.54, 1.807) is 35.4 Å². The Morgan fingerprint density at radius 3 is 2.60 bits per heavy atom. The van der Waals surface area contributed by atoms with Gasteiger partial charge in [-0.05, 0) is 71.4 Å². The van der Waals surface area contributed by atoms with Gasteiger partial charge in [0.15, 0.2) is 0 Å². The van der Waals surface area contributed by atoms with Crippen molar-refractivity contribution in [2.24, 2.45) is 0 Å². The van der Waals surface area contributed by atoms with Gasteiger partial charge >= 0.3 is 0 Å². The minimum Gasteiger partial charge on any atom is -0.329 e. The van der Waals surface area contributed by atoms with Gasteiger partial charge in [0.1, 0.15) is 11.6 Å². The van der Waals surface area contributed by atoms with Crippen LogP contribution in [0, 0.1) is 13.8 Å². The Morgan fingerprint density at radius 1 is 1.14 bits per heavy atom. The van der Waals surface area contributed by atoms with E-state index in [0.29, 0.717) is 16.7 Å². The molecule has 3 aromatic heterocycles. The number of aryl methyl sites for hydroxylation is 1.